The molecule has 0 aliphatic carbocycles. The molecule has 0 unspecified atom stereocenters. The minimum absolute atomic E-state index is 0.158. The second-order valence-corrected chi connectivity index (χ2v) is 4.93. The zero-order valence-electron chi connectivity index (χ0n) is 9.62. The normalized spacial score (nSPS) is 12.3. The molecule has 2 aromatic heterocycles. The summed E-state index contributed by atoms with van der Waals surface area (Å²) in [4.78, 5) is 0. The third kappa shape index (κ3) is 2.05. The third-order valence-electron chi connectivity index (χ3n) is 2.62. The highest BCUT2D eigenvalue weighted by atomic mass is 14.9. The SMILES string of the molecule is Cc1cc2ccccn2c1CC(C)(C)N. The summed E-state index contributed by atoms with van der Waals surface area (Å²) in [6.07, 6.45) is 3.00. The fourth-order valence-corrected chi connectivity index (χ4v) is 1.97. The number of hydrogen-bond acceptors (Lipinski definition) is 1. The van der Waals surface area contributed by atoms with Crippen LogP contribution in [0.15, 0.2) is 30.5 Å². The van der Waals surface area contributed by atoms with Gasteiger partial charge in [-0.1, -0.05) is 6.07 Å². The van der Waals surface area contributed by atoms with E-state index in [9.17, 15) is 0 Å². The zero-order chi connectivity index (χ0) is 11.1. The van der Waals surface area contributed by atoms with Gasteiger partial charge in [-0.2, -0.15) is 0 Å². The van der Waals surface area contributed by atoms with E-state index in [4.69, 9.17) is 5.73 Å². The van der Waals surface area contributed by atoms with Crippen LogP contribution in [0.5, 0.6) is 0 Å². The summed E-state index contributed by atoms with van der Waals surface area (Å²) in [6.45, 7) is 6.28. The van der Waals surface area contributed by atoms with E-state index in [0.29, 0.717) is 0 Å². The van der Waals surface area contributed by atoms with Crippen molar-refractivity contribution in [3.63, 3.8) is 0 Å². The molecule has 0 aliphatic rings. The Kier molecular flexibility index (Phi) is 2.31. The number of pyridine rings is 1. The van der Waals surface area contributed by atoms with E-state index in [1.165, 1.54) is 16.8 Å². The topological polar surface area (TPSA) is 30.4 Å². The molecule has 0 saturated heterocycles. The molecule has 0 saturated carbocycles. The van der Waals surface area contributed by atoms with Crippen LogP contribution in [-0.2, 0) is 6.42 Å². The Morgan fingerprint density at radius 3 is 2.73 bits per heavy atom. The van der Waals surface area contributed by atoms with E-state index in [1.807, 2.05) is 0 Å². The summed E-state index contributed by atoms with van der Waals surface area (Å²) in [5.41, 5.74) is 9.80. The molecule has 15 heavy (non-hydrogen) atoms. The first-order valence-corrected chi connectivity index (χ1v) is 5.32. The van der Waals surface area contributed by atoms with E-state index >= 15 is 0 Å². The van der Waals surface area contributed by atoms with Crippen LogP contribution >= 0.6 is 0 Å². The average Bonchev–Trinajstić information content (AvgIpc) is 2.41. The number of aromatic nitrogens is 1. The average molecular weight is 202 g/mol. The molecule has 0 spiro atoms. The van der Waals surface area contributed by atoms with Gasteiger partial charge in [-0.3, -0.25) is 0 Å². The number of rotatable bonds is 2. The first kappa shape index (κ1) is 10.2. The van der Waals surface area contributed by atoms with E-state index < -0.39 is 0 Å². The van der Waals surface area contributed by atoms with Crippen LogP contribution in [0.4, 0.5) is 0 Å². The molecular weight excluding hydrogens is 184 g/mol. The van der Waals surface area contributed by atoms with Crippen LogP contribution in [0.3, 0.4) is 0 Å². The lowest BCUT2D eigenvalue weighted by atomic mass is 9.98. The van der Waals surface area contributed by atoms with Crippen molar-refractivity contribution in [2.75, 3.05) is 0 Å². The molecule has 80 valence electrons. The molecule has 0 bridgehead atoms. The van der Waals surface area contributed by atoms with Gasteiger partial charge in [0, 0.05) is 29.4 Å². The first-order chi connectivity index (χ1) is 6.97. The van der Waals surface area contributed by atoms with Gasteiger partial charge < -0.3 is 10.1 Å². The fourth-order valence-electron chi connectivity index (χ4n) is 1.97. The Balaban J connectivity index is 2.54. The molecule has 2 heterocycles. The minimum Gasteiger partial charge on any atom is -0.325 e. The minimum atomic E-state index is -0.158. The summed E-state index contributed by atoms with van der Waals surface area (Å²) >= 11 is 0. The van der Waals surface area contributed by atoms with Gasteiger partial charge >= 0.3 is 0 Å². The molecule has 0 radical (unpaired) electrons. The lowest BCUT2D eigenvalue weighted by molar-refractivity contribution is 0.507. The molecule has 0 amide bonds. The molecule has 2 nitrogen and oxygen atoms in total. The predicted molar refractivity (Wildman–Crippen MR) is 64.1 cm³/mol. The first-order valence-electron chi connectivity index (χ1n) is 5.32. The van der Waals surface area contributed by atoms with Crippen molar-refractivity contribution < 1.29 is 0 Å². The maximum absolute atomic E-state index is 6.07. The summed E-state index contributed by atoms with van der Waals surface area (Å²) < 4.78 is 2.23. The second-order valence-electron chi connectivity index (χ2n) is 4.93. The van der Waals surface area contributed by atoms with E-state index in [1.54, 1.807) is 0 Å². The van der Waals surface area contributed by atoms with Gasteiger partial charge in [-0.15, -0.1) is 0 Å². The second kappa shape index (κ2) is 3.38. The van der Waals surface area contributed by atoms with Crippen LogP contribution in [0.2, 0.25) is 0 Å². The molecule has 2 N–H and O–H groups in total. The third-order valence-corrected chi connectivity index (χ3v) is 2.62. The smallest absolute Gasteiger partial charge is 0.0455 e. The molecular formula is C13H18N2. The van der Waals surface area contributed by atoms with Crippen molar-refractivity contribution in [1.29, 1.82) is 0 Å². The van der Waals surface area contributed by atoms with Gasteiger partial charge in [0.05, 0.1) is 0 Å². The van der Waals surface area contributed by atoms with Crippen molar-refractivity contribution in [3.05, 3.63) is 41.7 Å². The van der Waals surface area contributed by atoms with Crippen molar-refractivity contribution in [1.82, 2.24) is 4.40 Å². The molecule has 0 fully saturated rings. The summed E-state index contributed by atoms with van der Waals surface area (Å²) in [7, 11) is 0. The lowest BCUT2D eigenvalue weighted by Gasteiger charge is -2.19. The Hall–Kier alpha value is -1.28. The Morgan fingerprint density at radius 2 is 2.07 bits per heavy atom. The monoisotopic (exact) mass is 202 g/mol. The van der Waals surface area contributed by atoms with Crippen LogP contribution in [-0.4, -0.2) is 9.94 Å². The van der Waals surface area contributed by atoms with E-state index in [-0.39, 0.29) is 5.54 Å². The largest absolute Gasteiger partial charge is 0.325 e. The maximum atomic E-state index is 6.07. The van der Waals surface area contributed by atoms with Gasteiger partial charge in [0.15, 0.2) is 0 Å². The van der Waals surface area contributed by atoms with Crippen molar-refractivity contribution in [3.8, 4) is 0 Å². The standard InChI is InChI=1S/C13H18N2/c1-10-8-11-6-4-5-7-15(11)12(10)9-13(2,3)14/h4-8H,9,14H2,1-3H3. The number of nitrogens with zero attached hydrogens (tertiary/aromatic N) is 1. The number of hydrogen-bond donors (Lipinski definition) is 1. The molecule has 2 aromatic rings. The summed E-state index contributed by atoms with van der Waals surface area (Å²) in [5, 5.41) is 0. The number of nitrogens with two attached hydrogens (primary N) is 1. The van der Waals surface area contributed by atoms with Gasteiger partial charge in [-0.05, 0) is 44.5 Å². The maximum Gasteiger partial charge on any atom is 0.0455 e. The molecule has 2 heteroatoms. The van der Waals surface area contributed by atoms with Crippen LogP contribution in [0, 0.1) is 6.92 Å². The highest BCUT2D eigenvalue weighted by Gasteiger charge is 2.16. The molecule has 0 aliphatic heterocycles. The molecule has 0 aromatic carbocycles. The quantitative estimate of drug-likeness (QED) is 0.797. The Morgan fingerprint density at radius 1 is 1.33 bits per heavy atom. The highest BCUT2D eigenvalue weighted by Crippen LogP contribution is 2.19. The van der Waals surface area contributed by atoms with Gasteiger partial charge in [0.1, 0.15) is 0 Å². The van der Waals surface area contributed by atoms with Crippen LogP contribution < -0.4 is 5.73 Å². The predicted octanol–water partition coefficient (Wildman–Crippen LogP) is 2.53. The van der Waals surface area contributed by atoms with Crippen molar-refractivity contribution >= 4 is 5.52 Å². The van der Waals surface area contributed by atoms with Crippen LogP contribution in [0.1, 0.15) is 25.1 Å². The van der Waals surface area contributed by atoms with Crippen molar-refractivity contribution in [2.45, 2.75) is 32.7 Å². The number of fused-ring (bicyclic) bond motifs is 1. The molecule has 0 atom stereocenters. The zero-order valence-corrected chi connectivity index (χ0v) is 9.62. The highest BCUT2D eigenvalue weighted by molar-refractivity contribution is 5.53. The Labute approximate surface area is 90.7 Å². The van der Waals surface area contributed by atoms with Gasteiger partial charge in [-0.25, -0.2) is 0 Å². The van der Waals surface area contributed by atoms with E-state index in [2.05, 4.69) is 55.6 Å². The Bertz CT molecular complexity index is 475. The van der Waals surface area contributed by atoms with Crippen molar-refractivity contribution in [2.24, 2.45) is 5.73 Å². The lowest BCUT2D eigenvalue weighted by Crippen LogP contribution is -2.35. The fraction of sp³-hybridized carbons (Fsp3) is 0.385. The summed E-state index contributed by atoms with van der Waals surface area (Å²) in [5.74, 6) is 0. The summed E-state index contributed by atoms with van der Waals surface area (Å²) in [6, 6.07) is 8.45. The van der Waals surface area contributed by atoms with E-state index in [0.717, 1.165) is 6.42 Å². The number of aryl methyl sites for hydroxylation is 1. The van der Waals surface area contributed by atoms with Gasteiger partial charge in [0.2, 0.25) is 0 Å². The van der Waals surface area contributed by atoms with Gasteiger partial charge in [0.25, 0.3) is 0 Å². The molecule has 2 rings (SSSR count). The van der Waals surface area contributed by atoms with Crippen LogP contribution in [0.25, 0.3) is 5.52 Å².